The highest BCUT2D eigenvalue weighted by Gasteiger charge is 2.16. The Labute approximate surface area is 104 Å². The molecule has 4 nitrogen and oxygen atoms in total. The van der Waals surface area contributed by atoms with Gasteiger partial charge in [0.2, 0.25) is 5.91 Å². The van der Waals surface area contributed by atoms with E-state index in [1.807, 2.05) is 0 Å². The van der Waals surface area contributed by atoms with Gasteiger partial charge in [-0.15, -0.1) is 0 Å². The third-order valence-electron chi connectivity index (χ3n) is 3.07. The van der Waals surface area contributed by atoms with Crippen LogP contribution in [0.15, 0.2) is 0 Å². The fourth-order valence-electron chi connectivity index (χ4n) is 2.04. The zero-order valence-electron chi connectivity index (χ0n) is 11.0. The number of hydrogen-bond acceptors (Lipinski definition) is 3. The molecule has 4 heteroatoms. The van der Waals surface area contributed by atoms with E-state index in [-0.39, 0.29) is 5.91 Å². The summed E-state index contributed by atoms with van der Waals surface area (Å²) in [6, 6.07) is 0.421. The van der Waals surface area contributed by atoms with Gasteiger partial charge < -0.3 is 15.4 Å². The van der Waals surface area contributed by atoms with Crippen molar-refractivity contribution in [2.45, 2.75) is 51.5 Å². The molecule has 1 fully saturated rings. The maximum Gasteiger partial charge on any atom is 0.234 e. The van der Waals surface area contributed by atoms with Gasteiger partial charge in [0.25, 0.3) is 0 Å². The maximum absolute atomic E-state index is 11.5. The molecule has 100 valence electrons. The molecule has 0 saturated heterocycles. The minimum Gasteiger partial charge on any atom is -0.380 e. The highest BCUT2D eigenvalue weighted by molar-refractivity contribution is 5.78. The Kier molecular flexibility index (Phi) is 8.01. The summed E-state index contributed by atoms with van der Waals surface area (Å²) >= 11 is 0. The molecule has 0 aromatic carbocycles. The molecule has 0 aromatic rings. The van der Waals surface area contributed by atoms with Gasteiger partial charge in [0.05, 0.1) is 13.2 Å². The van der Waals surface area contributed by atoms with Crippen molar-refractivity contribution in [1.29, 1.82) is 0 Å². The summed E-state index contributed by atoms with van der Waals surface area (Å²) in [4.78, 5) is 11.5. The number of amides is 1. The average Bonchev–Trinajstić information content (AvgIpc) is 2.80. The van der Waals surface area contributed by atoms with Crippen LogP contribution in [0.4, 0.5) is 0 Å². The van der Waals surface area contributed by atoms with Crippen LogP contribution in [0, 0.1) is 0 Å². The highest BCUT2D eigenvalue weighted by atomic mass is 16.5. The lowest BCUT2D eigenvalue weighted by Gasteiger charge is -2.12. The lowest BCUT2D eigenvalue weighted by atomic mass is 10.2. The molecule has 1 rings (SSSR count). The third-order valence-corrected chi connectivity index (χ3v) is 3.07. The van der Waals surface area contributed by atoms with E-state index in [0.29, 0.717) is 19.2 Å². The molecule has 1 aliphatic carbocycles. The van der Waals surface area contributed by atoms with E-state index in [0.717, 1.165) is 38.8 Å². The Morgan fingerprint density at radius 3 is 2.76 bits per heavy atom. The Bertz CT molecular complexity index is 204. The van der Waals surface area contributed by atoms with E-state index in [2.05, 4.69) is 17.6 Å². The smallest absolute Gasteiger partial charge is 0.234 e. The molecule has 0 atom stereocenters. The van der Waals surface area contributed by atoms with Crippen LogP contribution < -0.4 is 10.6 Å². The first-order chi connectivity index (χ1) is 8.33. The average molecular weight is 242 g/mol. The monoisotopic (exact) mass is 242 g/mol. The topological polar surface area (TPSA) is 50.4 Å². The van der Waals surface area contributed by atoms with Crippen LogP contribution in [-0.4, -0.2) is 38.3 Å². The summed E-state index contributed by atoms with van der Waals surface area (Å²) in [7, 11) is 0. The standard InChI is InChI=1S/C13H26N2O2/c1-2-3-9-17-10-8-14-11-13(16)15-12-6-4-5-7-12/h12,14H,2-11H2,1H3,(H,15,16). The van der Waals surface area contributed by atoms with Crippen LogP contribution in [0.1, 0.15) is 45.4 Å². The predicted molar refractivity (Wildman–Crippen MR) is 69.0 cm³/mol. The molecule has 0 unspecified atom stereocenters. The van der Waals surface area contributed by atoms with Crippen molar-refractivity contribution < 1.29 is 9.53 Å². The highest BCUT2D eigenvalue weighted by Crippen LogP contribution is 2.17. The quantitative estimate of drug-likeness (QED) is 0.602. The van der Waals surface area contributed by atoms with Crippen molar-refractivity contribution in [3.63, 3.8) is 0 Å². The number of hydrogen-bond donors (Lipinski definition) is 2. The van der Waals surface area contributed by atoms with Crippen LogP contribution in [-0.2, 0) is 9.53 Å². The molecule has 2 N–H and O–H groups in total. The predicted octanol–water partition coefficient (Wildman–Crippen LogP) is 1.45. The Balaban J connectivity index is 1.86. The van der Waals surface area contributed by atoms with E-state index >= 15 is 0 Å². The number of ether oxygens (including phenoxy) is 1. The summed E-state index contributed by atoms with van der Waals surface area (Å²) < 4.78 is 5.40. The van der Waals surface area contributed by atoms with Crippen molar-refractivity contribution in [1.82, 2.24) is 10.6 Å². The van der Waals surface area contributed by atoms with Gasteiger partial charge in [-0.25, -0.2) is 0 Å². The maximum atomic E-state index is 11.5. The summed E-state index contributed by atoms with van der Waals surface area (Å²) in [6.07, 6.45) is 7.07. The largest absolute Gasteiger partial charge is 0.380 e. The van der Waals surface area contributed by atoms with Crippen molar-refractivity contribution in [2.24, 2.45) is 0 Å². The van der Waals surface area contributed by atoms with Crippen LogP contribution in [0.3, 0.4) is 0 Å². The molecule has 1 aliphatic rings. The first kappa shape index (κ1) is 14.5. The summed E-state index contributed by atoms with van der Waals surface area (Å²) in [6.45, 7) is 4.83. The molecule has 0 heterocycles. The lowest BCUT2D eigenvalue weighted by molar-refractivity contribution is -0.120. The second kappa shape index (κ2) is 9.42. The van der Waals surface area contributed by atoms with Crippen molar-refractivity contribution >= 4 is 5.91 Å². The SMILES string of the molecule is CCCCOCCNCC(=O)NC1CCCC1. The van der Waals surface area contributed by atoms with Gasteiger partial charge >= 0.3 is 0 Å². The molecule has 0 aromatic heterocycles. The van der Waals surface area contributed by atoms with Gasteiger partial charge in [0.15, 0.2) is 0 Å². The van der Waals surface area contributed by atoms with E-state index in [4.69, 9.17) is 4.74 Å². The molecule has 17 heavy (non-hydrogen) atoms. The van der Waals surface area contributed by atoms with Gasteiger partial charge in [-0.3, -0.25) is 4.79 Å². The van der Waals surface area contributed by atoms with Crippen molar-refractivity contribution in [2.75, 3.05) is 26.3 Å². The Morgan fingerprint density at radius 1 is 1.29 bits per heavy atom. The second-order valence-corrected chi connectivity index (χ2v) is 4.69. The molecular weight excluding hydrogens is 216 g/mol. The van der Waals surface area contributed by atoms with Gasteiger partial charge in [0, 0.05) is 19.2 Å². The number of carbonyl (C=O) groups excluding carboxylic acids is 1. The fourth-order valence-corrected chi connectivity index (χ4v) is 2.04. The van der Waals surface area contributed by atoms with Crippen LogP contribution >= 0.6 is 0 Å². The first-order valence-corrected chi connectivity index (χ1v) is 6.90. The Hall–Kier alpha value is -0.610. The number of unbranched alkanes of at least 4 members (excludes halogenated alkanes) is 1. The zero-order chi connectivity index (χ0) is 12.3. The van der Waals surface area contributed by atoms with E-state index in [1.54, 1.807) is 0 Å². The van der Waals surface area contributed by atoms with Gasteiger partial charge in [0.1, 0.15) is 0 Å². The molecular formula is C13H26N2O2. The molecule has 0 spiro atoms. The minimum atomic E-state index is 0.116. The summed E-state index contributed by atoms with van der Waals surface area (Å²) in [5.41, 5.74) is 0. The molecule has 1 saturated carbocycles. The van der Waals surface area contributed by atoms with Gasteiger partial charge in [-0.05, 0) is 19.3 Å². The fraction of sp³-hybridized carbons (Fsp3) is 0.923. The second-order valence-electron chi connectivity index (χ2n) is 4.69. The van der Waals surface area contributed by atoms with Gasteiger partial charge in [-0.1, -0.05) is 26.2 Å². The number of rotatable bonds is 9. The number of carbonyl (C=O) groups is 1. The third kappa shape index (κ3) is 7.34. The molecule has 0 aliphatic heterocycles. The minimum absolute atomic E-state index is 0.116. The molecule has 0 bridgehead atoms. The number of nitrogens with one attached hydrogen (secondary N) is 2. The first-order valence-electron chi connectivity index (χ1n) is 6.90. The normalized spacial score (nSPS) is 16.3. The van der Waals surface area contributed by atoms with Crippen molar-refractivity contribution in [3.05, 3.63) is 0 Å². The zero-order valence-corrected chi connectivity index (χ0v) is 11.0. The van der Waals surface area contributed by atoms with E-state index in [1.165, 1.54) is 12.8 Å². The van der Waals surface area contributed by atoms with Crippen LogP contribution in [0.5, 0.6) is 0 Å². The van der Waals surface area contributed by atoms with E-state index < -0.39 is 0 Å². The summed E-state index contributed by atoms with van der Waals surface area (Å²) in [5, 5.41) is 6.15. The molecule has 0 radical (unpaired) electrons. The van der Waals surface area contributed by atoms with Gasteiger partial charge in [-0.2, -0.15) is 0 Å². The van der Waals surface area contributed by atoms with Crippen LogP contribution in [0.2, 0.25) is 0 Å². The molecule has 1 amide bonds. The lowest BCUT2D eigenvalue weighted by Crippen LogP contribution is -2.39. The van der Waals surface area contributed by atoms with E-state index in [9.17, 15) is 4.79 Å². The van der Waals surface area contributed by atoms with Crippen LogP contribution in [0.25, 0.3) is 0 Å². The summed E-state index contributed by atoms with van der Waals surface area (Å²) in [5.74, 6) is 0.116. The van der Waals surface area contributed by atoms with Crippen molar-refractivity contribution in [3.8, 4) is 0 Å². The Morgan fingerprint density at radius 2 is 2.06 bits per heavy atom.